The van der Waals surface area contributed by atoms with E-state index in [1.165, 1.54) is 25.7 Å². The van der Waals surface area contributed by atoms with Crippen molar-refractivity contribution in [3.05, 3.63) is 30.2 Å². The number of likely N-dealkylation sites (tertiary alicyclic amines) is 1. The van der Waals surface area contributed by atoms with Gasteiger partial charge in [-0.2, -0.15) is 0 Å². The second-order valence-corrected chi connectivity index (χ2v) is 8.31. The molecule has 5 rings (SSSR count). The normalized spacial score (nSPS) is 29.6. The summed E-state index contributed by atoms with van der Waals surface area (Å²) in [6.07, 6.45) is 8.18. The number of carbonyl (C=O) groups is 1. The number of hydrogen-bond donors (Lipinski definition) is 0. The van der Waals surface area contributed by atoms with E-state index in [1.54, 1.807) is 0 Å². The molecule has 2 aliphatic carbocycles. The van der Waals surface area contributed by atoms with E-state index in [1.807, 2.05) is 24.3 Å². The van der Waals surface area contributed by atoms with E-state index in [0.717, 1.165) is 61.2 Å². The van der Waals surface area contributed by atoms with Crippen molar-refractivity contribution in [1.29, 1.82) is 0 Å². The van der Waals surface area contributed by atoms with Crippen molar-refractivity contribution in [3.63, 3.8) is 0 Å². The molecule has 1 aliphatic heterocycles. The van der Waals surface area contributed by atoms with Crippen LogP contribution in [0.1, 0.15) is 56.8 Å². The van der Waals surface area contributed by atoms with Gasteiger partial charge in [-0.15, -0.1) is 0 Å². The Hall–Kier alpha value is -1.84. The van der Waals surface area contributed by atoms with E-state index >= 15 is 0 Å². The lowest BCUT2D eigenvalue weighted by Crippen LogP contribution is -2.39. The summed E-state index contributed by atoms with van der Waals surface area (Å²) in [7, 11) is 0. The minimum atomic E-state index is 0.346. The summed E-state index contributed by atoms with van der Waals surface area (Å²) < 4.78 is 5.93. The molecule has 0 radical (unpaired) electrons. The maximum atomic E-state index is 12.7. The molecule has 1 aromatic carbocycles. The highest BCUT2D eigenvalue weighted by Crippen LogP contribution is 2.49. The fourth-order valence-corrected chi connectivity index (χ4v) is 5.42. The van der Waals surface area contributed by atoms with Crippen LogP contribution in [0.25, 0.3) is 11.1 Å². The standard InChI is InChI=1S/C21H26N2O2/c24-20(13-17-12-14-5-6-16(17)11-14)23-9-7-15(8-10-23)21-22-18-3-1-2-4-19(18)25-21/h1-4,14-17H,5-13H2/t14-,16+,17-/m0/s1. The molecule has 4 heteroatoms. The first kappa shape index (κ1) is 15.4. The van der Waals surface area contributed by atoms with Crippen molar-refractivity contribution in [2.75, 3.05) is 13.1 Å². The summed E-state index contributed by atoms with van der Waals surface area (Å²) in [5.74, 6) is 4.01. The third-order valence-corrected chi connectivity index (χ3v) is 6.83. The molecule has 132 valence electrons. The Morgan fingerprint density at radius 1 is 1.12 bits per heavy atom. The summed E-state index contributed by atoms with van der Waals surface area (Å²) >= 11 is 0. The molecule has 2 saturated carbocycles. The number of carbonyl (C=O) groups excluding carboxylic acids is 1. The van der Waals surface area contributed by atoms with Gasteiger partial charge in [0, 0.05) is 25.4 Å². The van der Waals surface area contributed by atoms with Crippen molar-refractivity contribution >= 4 is 17.0 Å². The van der Waals surface area contributed by atoms with Crippen LogP contribution < -0.4 is 0 Å². The molecule has 4 nitrogen and oxygen atoms in total. The number of rotatable bonds is 3. The number of oxazole rings is 1. The van der Waals surface area contributed by atoms with Crippen LogP contribution in [0.2, 0.25) is 0 Å². The van der Waals surface area contributed by atoms with E-state index in [2.05, 4.69) is 9.88 Å². The van der Waals surface area contributed by atoms with Crippen LogP contribution in [-0.4, -0.2) is 28.9 Å². The fraction of sp³-hybridized carbons (Fsp3) is 0.619. The average molecular weight is 338 g/mol. The molecule has 2 heterocycles. The number of piperidine rings is 1. The Morgan fingerprint density at radius 3 is 2.68 bits per heavy atom. The largest absolute Gasteiger partial charge is 0.440 e. The van der Waals surface area contributed by atoms with Crippen molar-refractivity contribution in [2.45, 2.75) is 50.9 Å². The maximum absolute atomic E-state index is 12.7. The van der Waals surface area contributed by atoms with Gasteiger partial charge >= 0.3 is 0 Å². The van der Waals surface area contributed by atoms with Crippen molar-refractivity contribution in [3.8, 4) is 0 Å². The predicted molar refractivity (Wildman–Crippen MR) is 96.1 cm³/mol. The molecule has 3 fully saturated rings. The summed E-state index contributed by atoms with van der Waals surface area (Å²) in [4.78, 5) is 19.4. The van der Waals surface area contributed by atoms with E-state index in [-0.39, 0.29) is 0 Å². The molecular weight excluding hydrogens is 312 g/mol. The molecule has 1 aromatic heterocycles. The molecule has 0 spiro atoms. The monoisotopic (exact) mass is 338 g/mol. The summed E-state index contributed by atoms with van der Waals surface area (Å²) in [5.41, 5.74) is 1.81. The number of hydrogen-bond acceptors (Lipinski definition) is 3. The van der Waals surface area contributed by atoms with Gasteiger partial charge in [0.05, 0.1) is 0 Å². The predicted octanol–water partition coefficient (Wildman–Crippen LogP) is 4.36. The minimum Gasteiger partial charge on any atom is -0.440 e. The highest BCUT2D eigenvalue weighted by molar-refractivity contribution is 5.76. The van der Waals surface area contributed by atoms with Crippen molar-refractivity contribution < 1.29 is 9.21 Å². The van der Waals surface area contributed by atoms with Crippen LogP contribution >= 0.6 is 0 Å². The first-order chi connectivity index (χ1) is 12.3. The van der Waals surface area contributed by atoms with Crippen LogP contribution in [0.15, 0.2) is 28.7 Å². The minimum absolute atomic E-state index is 0.346. The SMILES string of the molecule is O=C(C[C@@H]1C[C@H]2CC[C@@H]1C2)N1CCC(c2nc3ccccc3o2)CC1. The van der Waals surface area contributed by atoms with Gasteiger partial charge in [-0.05, 0) is 62.0 Å². The smallest absolute Gasteiger partial charge is 0.222 e. The zero-order valence-electron chi connectivity index (χ0n) is 14.7. The Labute approximate surface area is 148 Å². The second kappa shape index (κ2) is 6.15. The molecule has 0 N–H and O–H groups in total. The zero-order chi connectivity index (χ0) is 16.8. The summed E-state index contributed by atoms with van der Waals surface area (Å²) in [5, 5.41) is 0. The first-order valence-corrected chi connectivity index (χ1v) is 9.89. The molecule has 2 bridgehead atoms. The Kier molecular flexibility index (Phi) is 3.79. The number of nitrogens with zero attached hydrogens (tertiary/aromatic N) is 2. The molecule has 3 atom stereocenters. The lowest BCUT2D eigenvalue weighted by atomic mass is 9.86. The van der Waals surface area contributed by atoms with Gasteiger partial charge in [0.2, 0.25) is 5.91 Å². The number of amides is 1. The van der Waals surface area contributed by atoms with Crippen molar-refractivity contribution in [1.82, 2.24) is 9.88 Å². The van der Waals surface area contributed by atoms with Gasteiger partial charge in [0.1, 0.15) is 5.52 Å². The second-order valence-electron chi connectivity index (χ2n) is 8.31. The zero-order valence-corrected chi connectivity index (χ0v) is 14.7. The quantitative estimate of drug-likeness (QED) is 0.835. The van der Waals surface area contributed by atoms with Crippen LogP contribution in [-0.2, 0) is 4.79 Å². The molecular formula is C21H26N2O2. The molecule has 1 amide bonds. The summed E-state index contributed by atoms with van der Waals surface area (Å²) in [6, 6.07) is 7.94. The van der Waals surface area contributed by atoms with Gasteiger partial charge in [-0.25, -0.2) is 4.98 Å². The average Bonchev–Trinajstić information content (AvgIpc) is 3.36. The summed E-state index contributed by atoms with van der Waals surface area (Å²) in [6.45, 7) is 1.70. The maximum Gasteiger partial charge on any atom is 0.222 e. The highest BCUT2D eigenvalue weighted by atomic mass is 16.3. The van der Waals surface area contributed by atoms with Gasteiger partial charge < -0.3 is 9.32 Å². The van der Waals surface area contributed by atoms with Crippen LogP contribution in [0, 0.1) is 17.8 Å². The third-order valence-electron chi connectivity index (χ3n) is 6.83. The van der Waals surface area contributed by atoms with Gasteiger partial charge in [-0.3, -0.25) is 4.79 Å². The molecule has 1 saturated heterocycles. The molecule has 2 aromatic rings. The highest BCUT2D eigenvalue weighted by Gasteiger charge is 2.41. The number of fused-ring (bicyclic) bond motifs is 3. The fourth-order valence-electron chi connectivity index (χ4n) is 5.42. The number of benzene rings is 1. The van der Waals surface area contributed by atoms with Gasteiger partial charge in [-0.1, -0.05) is 18.6 Å². The van der Waals surface area contributed by atoms with E-state index in [4.69, 9.17) is 4.42 Å². The van der Waals surface area contributed by atoms with Crippen LogP contribution in [0.4, 0.5) is 0 Å². The van der Waals surface area contributed by atoms with Crippen LogP contribution in [0.5, 0.6) is 0 Å². The Balaban J connectivity index is 1.18. The lowest BCUT2D eigenvalue weighted by Gasteiger charge is -2.32. The topological polar surface area (TPSA) is 46.3 Å². The van der Waals surface area contributed by atoms with Crippen LogP contribution in [0.3, 0.4) is 0 Å². The Bertz CT molecular complexity index is 742. The van der Waals surface area contributed by atoms with Gasteiger partial charge in [0.15, 0.2) is 11.5 Å². The van der Waals surface area contributed by atoms with E-state index in [9.17, 15) is 4.79 Å². The van der Waals surface area contributed by atoms with Gasteiger partial charge in [0.25, 0.3) is 0 Å². The van der Waals surface area contributed by atoms with E-state index < -0.39 is 0 Å². The molecule has 0 unspecified atom stereocenters. The van der Waals surface area contributed by atoms with E-state index in [0.29, 0.717) is 17.7 Å². The molecule has 3 aliphatic rings. The first-order valence-electron chi connectivity index (χ1n) is 9.89. The number of para-hydroxylation sites is 2. The lowest BCUT2D eigenvalue weighted by molar-refractivity contribution is -0.133. The number of aromatic nitrogens is 1. The Morgan fingerprint density at radius 2 is 1.96 bits per heavy atom. The third kappa shape index (κ3) is 2.86. The van der Waals surface area contributed by atoms with Crippen molar-refractivity contribution in [2.24, 2.45) is 17.8 Å². The molecule has 25 heavy (non-hydrogen) atoms.